The highest BCUT2D eigenvalue weighted by molar-refractivity contribution is 5.50. The fraction of sp³-hybridized carbons (Fsp3) is 0.200. The molecule has 21 heavy (non-hydrogen) atoms. The molecule has 0 spiro atoms. The quantitative estimate of drug-likeness (QED) is 0.674. The van der Waals surface area contributed by atoms with Crippen LogP contribution in [0.3, 0.4) is 0 Å². The van der Waals surface area contributed by atoms with Gasteiger partial charge in [0.1, 0.15) is 5.75 Å². The maximum absolute atomic E-state index is 13.5. The van der Waals surface area contributed by atoms with Gasteiger partial charge in [-0.15, -0.1) is 0 Å². The molecule has 0 atom stereocenters. The molecule has 2 rings (SSSR count). The van der Waals surface area contributed by atoms with Crippen molar-refractivity contribution in [3.05, 3.63) is 63.5 Å². The lowest BCUT2D eigenvalue weighted by atomic mass is 10.1. The lowest BCUT2D eigenvalue weighted by Gasteiger charge is -2.09. The van der Waals surface area contributed by atoms with Crippen LogP contribution >= 0.6 is 0 Å². The van der Waals surface area contributed by atoms with Crippen molar-refractivity contribution < 1.29 is 14.1 Å². The van der Waals surface area contributed by atoms with Gasteiger partial charge in [0.25, 0.3) is 0 Å². The number of halogens is 1. The first-order valence-corrected chi connectivity index (χ1v) is 6.32. The van der Waals surface area contributed by atoms with Crippen molar-refractivity contribution in [3.8, 4) is 5.75 Å². The normalized spacial score (nSPS) is 10.2. The van der Waals surface area contributed by atoms with Crippen LogP contribution in [0.1, 0.15) is 11.1 Å². The Bertz CT molecular complexity index is 674. The number of methoxy groups -OCH3 is 1. The topological polar surface area (TPSA) is 64.4 Å². The van der Waals surface area contributed by atoms with Gasteiger partial charge in [-0.2, -0.15) is 4.39 Å². The fourth-order valence-corrected chi connectivity index (χ4v) is 2.02. The van der Waals surface area contributed by atoms with Gasteiger partial charge >= 0.3 is 5.69 Å². The van der Waals surface area contributed by atoms with Crippen molar-refractivity contribution in [2.24, 2.45) is 0 Å². The molecule has 5 nitrogen and oxygen atoms in total. The molecule has 0 saturated carbocycles. The van der Waals surface area contributed by atoms with Gasteiger partial charge in [0.05, 0.1) is 12.0 Å². The second-order valence-corrected chi connectivity index (χ2v) is 4.58. The molecule has 0 radical (unpaired) electrons. The number of ether oxygens (including phenoxy) is 1. The Morgan fingerprint density at radius 3 is 2.62 bits per heavy atom. The van der Waals surface area contributed by atoms with Crippen LogP contribution in [0, 0.1) is 22.9 Å². The summed E-state index contributed by atoms with van der Waals surface area (Å²) in [7, 11) is 1.61. The van der Waals surface area contributed by atoms with Gasteiger partial charge < -0.3 is 10.1 Å². The van der Waals surface area contributed by atoms with E-state index in [1.54, 1.807) is 7.11 Å². The summed E-state index contributed by atoms with van der Waals surface area (Å²) in [5, 5.41) is 13.6. The third-order valence-electron chi connectivity index (χ3n) is 3.10. The monoisotopic (exact) mass is 290 g/mol. The molecular weight excluding hydrogens is 275 g/mol. The lowest BCUT2D eigenvalue weighted by molar-refractivity contribution is -0.387. The molecule has 0 bridgehead atoms. The summed E-state index contributed by atoms with van der Waals surface area (Å²) in [5.41, 5.74) is 1.98. The van der Waals surface area contributed by atoms with E-state index in [9.17, 15) is 14.5 Å². The average Bonchev–Trinajstić information content (AvgIpc) is 2.45. The average molecular weight is 290 g/mol. The van der Waals surface area contributed by atoms with Crippen LogP contribution in [-0.4, -0.2) is 12.0 Å². The van der Waals surface area contributed by atoms with Crippen LogP contribution in [0.4, 0.5) is 15.8 Å². The summed E-state index contributed by atoms with van der Waals surface area (Å²) >= 11 is 0. The molecule has 0 unspecified atom stereocenters. The number of nitrogens with one attached hydrogen (secondary N) is 1. The van der Waals surface area contributed by atoms with Crippen LogP contribution < -0.4 is 10.1 Å². The predicted octanol–water partition coefficient (Wildman–Crippen LogP) is 3.66. The Morgan fingerprint density at radius 1 is 1.29 bits per heavy atom. The predicted molar refractivity (Wildman–Crippen MR) is 78.1 cm³/mol. The van der Waals surface area contributed by atoms with Crippen LogP contribution in [0.5, 0.6) is 5.75 Å². The van der Waals surface area contributed by atoms with Crippen molar-refractivity contribution in [1.29, 1.82) is 0 Å². The Kier molecular flexibility index (Phi) is 4.37. The number of rotatable bonds is 5. The van der Waals surface area contributed by atoms with E-state index < -0.39 is 16.4 Å². The zero-order valence-corrected chi connectivity index (χ0v) is 11.7. The van der Waals surface area contributed by atoms with Gasteiger partial charge in [-0.3, -0.25) is 10.1 Å². The van der Waals surface area contributed by atoms with Gasteiger partial charge in [-0.25, -0.2) is 0 Å². The first kappa shape index (κ1) is 14.8. The minimum atomic E-state index is -0.851. The summed E-state index contributed by atoms with van der Waals surface area (Å²) in [4.78, 5) is 9.80. The highest BCUT2D eigenvalue weighted by atomic mass is 19.1. The number of nitro benzene ring substituents is 1. The van der Waals surface area contributed by atoms with Crippen molar-refractivity contribution in [2.45, 2.75) is 13.5 Å². The van der Waals surface area contributed by atoms with Crippen LogP contribution in [0.2, 0.25) is 0 Å². The molecule has 6 heteroatoms. The Hall–Kier alpha value is -2.63. The molecule has 2 aromatic rings. The van der Waals surface area contributed by atoms with Gasteiger partial charge in [-0.05, 0) is 30.2 Å². The van der Waals surface area contributed by atoms with Gasteiger partial charge in [-0.1, -0.05) is 12.1 Å². The van der Waals surface area contributed by atoms with Crippen molar-refractivity contribution in [3.63, 3.8) is 0 Å². The standard InChI is InChI=1S/C15H15FN2O3/c1-10-7-11(3-6-15(10)21-2)9-17-12-4-5-14(18(19)20)13(16)8-12/h3-8,17H,9H2,1-2H3. The minimum absolute atomic E-state index is 0.488. The largest absolute Gasteiger partial charge is 0.496 e. The lowest BCUT2D eigenvalue weighted by Crippen LogP contribution is -2.01. The molecule has 0 fully saturated rings. The van der Waals surface area contributed by atoms with Gasteiger partial charge in [0.2, 0.25) is 5.82 Å². The first-order valence-electron chi connectivity index (χ1n) is 6.32. The summed E-state index contributed by atoms with van der Waals surface area (Å²) in [5.74, 6) is -0.0453. The van der Waals surface area contributed by atoms with E-state index in [4.69, 9.17) is 4.74 Å². The smallest absolute Gasteiger partial charge is 0.304 e. The zero-order chi connectivity index (χ0) is 15.4. The van der Waals surface area contributed by atoms with Gasteiger partial charge in [0, 0.05) is 24.4 Å². The molecule has 0 aliphatic rings. The van der Waals surface area contributed by atoms with E-state index in [2.05, 4.69) is 5.32 Å². The second-order valence-electron chi connectivity index (χ2n) is 4.58. The molecule has 1 N–H and O–H groups in total. The maximum Gasteiger partial charge on any atom is 0.304 e. The molecular formula is C15H15FN2O3. The van der Waals surface area contributed by atoms with E-state index in [-0.39, 0.29) is 0 Å². The van der Waals surface area contributed by atoms with Crippen molar-refractivity contribution in [1.82, 2.24) is 0 Å². The number of hydrogen-bond acceptors (Lipinski definition) is 4. The maximum atomic E-state index is 13.5. The molecule has 110 valence electrons. The molecule has 0 aliphatic heterocycles. The highest BCUT2D eigenvalue weighted by Gasteiger charge is 2.13. The van der Waals surface area contributed by atoms with E-state index >= 15 is 0 Å². The number of anilines is 1. The number of hydrogen-bond donors (Lipinski definition) is 1. The van der Waals surface area contributed by atoms with Crippen LogP contribution in [0.15, 0.2) is 36.4 Å². The molecule has 0 aliphatic carbocycles. The highest BCUT2D eigenvalue weighted by Crippen LogP contribution is 2.22. The van der Waals surface area contributed by atoms with Crippen molar-refractivity contribution in [2.75, 3.05) is 12.4 Å². The Labute approximate surface area is 121 Å². The number of nitro groups is 1. The molecule has 0 heterocycles. The third-order valence-corrected chi connectivity index (χ3v) is 3.10. The Balaban J connectivity index is 2.08. The molecule has 0 aromatic heterocycles. The number of benzene rings is 2. The van der Waals surface area contributed by atoms with E-state index in [1.165, 1.54) is 6.07 Å². The third kappa shape index (κ3) is 3.47. The zero-order valence-electron chi connectivity index (χ0n) is 11.7. The summed E-state index contributed by atoms with van der Waals surface area (Å²) < 4.78 is 18.7. The molecule has 0 saturated heterocycles. The first-order chi connectivity index (χ1) is 10.0. The summed E-state index contributed by atoms with van der Waals surface area (Å²) in [6.45, 7) is 2.43. The molecule has 0 amide bonds. The Morgan fingerprint density at radius 2 is 2.05 bits per heavy atom. The van der Waals surface area contributed by atoms with Gasteiger partial charge in [0.15, 0.2) is 0 Å². The minimum Gasteiger partial charge on any atom is -0.496 e. The van der Waals surface area contributed by atoms with E-state index in [0.717, 1.165) is 29.0 Å². The van der Waals surface area contributed by atoms with E-state index in [1.807, 2.05) is 25.1 Å². The van der Waals surface area contributed by atoms with Crippen LogP contribution in [0.25, 0.3) is 0 Å². The second kappa shape index (κ2) is 6.21. The van der Waals surface area contributed by atoms with Crippen molar-refractivity contribution >= 4 is 11.4 Å². The number of nitrogens with zero attached hydrogens (tertiary/aromatic N) is 1. The van der Waals surface area contributed by atoms with E-state index in [0.29, 0.717) is 12.2 Å². The number of aryl methyl sites for hydroxylation is 1. The SMILES string of the molecule is COc1ccc(CNc2ccc([N+](=O)[O-])c(F)c2)cc1C. The van der Waals surface area contributed by atoms with Crippen LogP contribution in [-0.2, 0) is 6.54 Å². The fourth-order valence-electron chi connectivity index (χ4n) is 2.02. The molecule has 2 aromatic carbocycles. The summed E-state index contributed by atoms with van der Waals surface area (Å²) in [6.07, 6.45) is 0. The summed E-state index contributed by atoms with van der Waals surface area (Å²) in [6, 6.07) is 9.49.